The van der Waals surface area contributed by atoms with Gasteiger partial charge in [-0.1, -0.05) is 75.4 Å². The van der Waals surface area contributed by atoms with Gasteiger partial charge in [0.25, 0.3) is 5.91 Å². The molecule has 0 aromatic heterocycles. The van der Waals surface area contributed by atoms with Crippen molar-refractivity contribution in [3.8, 4) is 11.1 Å². The van der Waals surface area contributed by atoms with Crippen molar-refractivity contribution >= 4 is 11.6 Å². The molecule has 0 spiro atoms. The minimum atomic E-state index is -0.178. The average Bonchev–Trinajstić information content (AvgIpc) is 2.90. The third-order valence-corrected chi connectivity index (χ3v) is 6.74. The third kappa shape index (κ3) is 6.81. The molecule has 0 saturated heterocycles. The van der Waals surface area contributed by atoms with Crippen LogP contribution in [0.5, 0.6) is 0 Å². The van der Waals surface area contributed by atoms with Crippen LogP contribution in [0.15, 0.2) is 79.4 Å². The standard InChI is InChI=1S/C30H37N3O2/c1-4-20(2)29(28(19-34)16-22-7-5-9-26(15-22)21(3)32)33-30(35)25-13-11-24(12-14-25)27-10-6-8-23(17-27)18-31/h5-15,17,20,28-29,34H,3-4,16,18-19,31-32H2,1-2H3,(H,33,35). The second kappa shape index (κ2) is 12.3. The number of benzene rings is 3. The summed E-state index contributed by atoms with van der Waals surface area (Å²) in [5.74, 6) is -0.0735. The van der Waals surface area contributed by atoms with Crippen LogP contribution in [0.4, 0.5) is 0 Å². The summed E-state index contributed by atoms with van der Waals surface area (Å²) in [4.78, 5) is 13.2. The topological polar surface area (TPSA) is 101 Å². The van der Waals surface area contributed by atoms with E-state index in [1.807, 2.05) is 66.7 Å². The predicted molar refractivity (Wildman–Crippen MR) is 144 cm³/mol. The Balaban J connectivity index is 1.77. The molecular formula is C30H37N3O2. The van der Waals surface area contributed by atoms with Gasteiger partial charge in [-0.3, -0.25) is 4.79 Å². The number of carbonyl (C=O) groups is 1. The lowest BCUT2D eigenvalue weighted by Gasteiger charge is -2.31. The first kappa shape index (κ1) is 26.2. The Morgan fingerprint density at radius 2 is 1.66 bits per heavy atom. The van der Waals surface area contributed by atoms with E-state index >= 15 is 0 Å². The van der Waals surface area contributed by atoms with Crippen LogP contribution < -0.4 is 16.8 Å². The van der Waals surface area contributed by atoms with Gasteiger partial charge in [-0.15, -0.1) is 0 Å². The number of carbonyl (C=O) groups excluding carboxylic acids is 1. The second-order valence-electron chi connectivity index (χ2n) is 9.24. The molecule has 5 nitrogen and oxygen atoms in total. The van der Waals surface area contributed by atoms with Gasteiger partial charge in [0.1, 0.15) is 0 Å². The molecule has 0 aliphatic carbocycles. The van der Waals surface area contributed by atoms with Crippen LogP contribution in [0.25, 0.3) is 16.8 Å². The molecule has 0 fully saturated rings. The molecule has 0 bridgehead atoms. The van der Waals surface area contributed by atoms with Crippen LogP contribution in [-0.4, -0.2) is 23.7 Å². The third-order valence-electron chi connectivity index (χ3n) is 6.74. The molecule has 3 aromatic rings. The fourth-order valence-corrected chi connectivity index (χ4v) is 4.41. The summed E-state index contributed by atoms with van der Waals surface area (Å²) in [7, 11) is 0. The van der Waals surface area contributed by atoms with Crippen LogP contribution in [0.3, 0.4) is 0 Å². The highest BCUT2D eigenvalue weighted by Gasteiger charge is 2.28. The van der Waals surface area contributed by atoms with Gasteiger partial charge in [-0.05, 0) is 64.4 Å². The first-order valence-corrected chi connectivity index (χ1v) is 12.2. The highest BCUT2D eigenvalue weighted by atomic mass is 16.3. The minimum absolute atomic E-state index is 0.0283. The van der Waals surface area contributed by atoms with Crippen molar-refractivity contribution in [1.29, 1.82) is 0 Å². The van der Waals surface area contributed by atoms with E-state index in [9.17, 15) is 9.90 Å². The lowest BCUT2D eigenvalue weighted by Crippen LogP contribution is -2.46. The van der Waals surface area contributed by atoms with Crippen molar-refractivity contribution in [3.05, 3.63) is 102 Å². The summed E-state index contributed by atoms with van der Waals surface area (Å²) in [5, 5.41) is 13.5. The van der Waals surface area contributed by atoms with Gasteiger partial charge in [0, 0.05) is 36.4 Å². The molecule has 3 aromatic carbocycles. The molecule has 3 unspecified atom stereocenters. The Morgan fingerprint density at radius 3 is 2.29 bits per heavy atom. The summed E-state index contributed by atoms with van der Waals surface area (Å²) >= 11 is 0. The second-order valence-corrected chi connectivity index (χ2v) is 9.24. The summed E-state index contributed by atoms with van der Waals surface area (Å²) in [6.45, 7) is 8.48. The van der Waals surface area contributed by atoms with E-state index in [2.05, 4.69) is 31.8 Å². The minimum Gasteiger partial charge on any atom is -0.399 e. The molecule has 3 atom stereocenters. The van der Waals surface area contributed by atoms with E-state index in [4.69, 9.17) is 11.5 Å². The maximum Gasteiger partial charge on any atom is 0.251 e. The molecule has 184 valence electrons. The van der Waals surface area contributed by atoms with Crippen LogP contribution in [0.2, 0.25) is 0 Å². The number of hydrogen-bond acceptors (Lipinski definition) is 4. The predicted octanol–water partition coefficient (Wildman–Crippen LogP) is 4.74. The Bertz CT molecular complexity index is 1140. The lowest BCUT2D eigenvalue weighted by molar-refractivity contribution is 0.0867. The van der Waals surface area contributed by atoms with Gasteiger partial charge in [-0.2, -0.15) is 0 Å². The first-order chi connectivity index (χ1) is 16.9. The van der Waals surface area contributed by atoms with E-state index < -0.39 is 0 Å². The molecule has 0 radical (unpaired) electrons. The van der Waals surface area contributed by atoms with Crippen LogP contribution >= 0.6 is 0 Å². The fourth-order valence-electron chi connectivity index (χ4n) is 4.41. The van der Waals surface area contributed by atoms with Crippen molar-refractivity contribution in [2.45, 2.75) is 39.3 Å². The molecule has 0 aliphatic rings. The van der Waals surface area contributed by atoms with E-state index in [1.54, 1.807) is 0 Å². The van der Waals surface area contributed by atoms with E-state index in [0.29, 0.717) is 24.2 Å². The van der Waals surface area contributed by atoms with Gasteiger partial charge in [0.15, 0.2) is 0 Å². The number of rotatable bonds is 11. The zero-order chi connectivity index (χ0) is 25.4. The largest absolute Gasteiger partial charge is 0.399 e. The highest BCUT2D eigenvalue weighted by Crippen LogP contribution is 2.24. The normalized spacial score (nSPS) is 13.6. The van der Waals surface area contributed by atoms with Gasteiger partial charge in [-0.25, -0.2) is 0 Å². The smallest absolute Gasteiger partial charge is 0.251 e. The van der Waals surface area contributed by atoms with Crippen molar-refractivity contribution < 1.29 is 9.90 Å². The van der Waals surface area contributed by atoms with Crippen LogP contribution in [-0.2, 0) is 13.0 Å². The summed E-state index contributed by atoms with van der Waals surface area (Å²) in [5.41, 5.74) is 17.8. The number of nitrogens with one attached hydrogen (secondary N) is 1. The van der Waals surface area contributed by atoms with Crippen molar-refractivity contribution in [1.82, 2.24) is 5.32 Å². The Hall–Kier alpha value is -3.41. The summed E-state index contributed by atoms with van der Waals surface area (Å²) < 4.78 is 0. The van der Waals surface area contributed by atoms with Gasteiger partial charge < -0.3 is 21.9 Å². The van der Waals surface area contributed by atoms with Crippen molar-refractivity contribution in [2.24, 2.45) is 23.3 Å². The van der Waals surface area contributed by atoms with E-state index in [1.165, 1.54) is 0 Å². The number of nitrogens with two attached hydrogens (primary N) is 2. The molecule has 0 aliphatic heterocycles. The van der Waals surface area contributed by atoms with E-state index in [-0.39, 0.29) is 30.4 Å². The van der Waals surface area contributed by atoms with Gasteiger partial charge in [0.2, 0.25) is 0 Å². The molecule has 6 N–H and O–H groups in total. The Kier molecular flexibility index (Phi) is 9.24. The average molecular weight is 472 g/mol. The first-order valence-electron chi connectivity index (χ1n) is 12.2. The highest BCUT2D eigenvalue weighted by molar-refractivity contribution is 5.95. The maximum absolute atomic E-state index is 13.2. The number of amides is 1. The molecule has 5 heteroatoms. The number of hydrogen-bond donors (Lipinski definition) is 4. The van der Waals surface area contributed by atoms with Crippen molar-refractivity contribution in [2.75, 3.05) is 6.61 Å². The lowest BCUT2D eigenvalue weighted by atomic mass is 9.83. The molecular weight excluding hydrogens is 434 g/mol. The summed E-state index contributed by atoms with van der Waals surface area (Å²) in [6, 6.07) is 23.4. The Morgan fingerprint density at radius 1 is 0.971 bits per heavy atom. The van der Waals surface area contributed by atoms with Gasteiger partial charge in [0.05, 0.1) is 0 Å². The van der Waals surface area contributed by atoms with Crippen LogP contribution in [0, 0.1) is 11.8 Å². The number of aliphatic hydroxyl groups excluding tert-OH is 1. The fraction of sp³-hybridized carbons (Fsp3) is 0.300. The molecule has 0 saturated carbocycles. The maximum atomic E-state index is 13.2. The Labute approximate surface area is 208 Å². The monoisotopic (exact) mass is 471 g/mol. The molecule has 0 heterocycles. The SMILES string of the molecule is C=C(N)c1cccc(CC(CO)C(NC(=O)c2ccc(-c3cccc(CN)c3)cc2)C(C)CC)c1. The molecule has 35 heavy (non-hydrogen) atoms. The van der Waals surface area contributed by atoms with E-state index in [0.717, 1.165) is 34.2 Å². The summed E-state index contributed by atoms with van der Waals surface area (Å²) in [6.07, 6.45) is 1.51. The van der Waals surface area contributed by atoms with Crippen LogP contribution in [0.1, 0.15) is 47.3 Å². The zero-order valence-electron chi connectivity index (χ0n) is 20.7. The van der Waals surface area contributed by atoms with Gasteiger partial charge >= 0.3 is 0 Å². The molecule has 1 amide bonds. The number of aliphatic hydroxyl groups is 1. The quantitative estimate of drug-likeness (QED) is 0.324. The molecule has 3 rings (SSSR count). The zero-order valence-corrected chi connectivity index (χ0v) is 20.7. The van der Waals surface area contributed by atoms with Crippen molar-refractivity contribution in [3.63, 3.8) is 0 Å².